The summed E-state index contributed by atoms with van der Waals surface area (Å²) >= 11 is 1.25. The summed E-state index contributed by atoms with van der Waals surface area (Å²) in [5.74, 6) is 0.519. The number of para-hydroxylation sites is 1. The number of nitrogens with one attached hydrogen (secondary N) is 1. The largest absolute Gasteiger partial charge is 0.417 e. The first-order chi connectivity index (χ1) is 8.28. The lowest BCUT2D eigenvalue weighted by Crippen LogP contribution is -2.15. The number of benzene rings is 1. The predicted molar refractivity (Wildman–Crippen MR) is 67.6 cm³/mol. The van der Waals surface area contributed by atoms with Crippen molar-refractivity contribution in [2.24, 2.45) is 0 Å². The Morgan fingerprint density at radius 2 is 2.18 bits per heavy atom. The van der Waals surface area contributed by atoms with Gasteiger partial charge in [0.05, 0.1) is 5.69 Å². The van der Waals surface area contributed by atoms with Crippen molar-refractivity contribution >= 4 is 22.6 Å². The quantitative estimate of drug-likeness (QED) is 0.906. The van der Waals surface area contributed by atoms with Crippen molar-refractivity contribution in [3.8, 4) is 5.75 Å². The Balaban J connectivity index is 1.93. The van der Waals surface area contributed by atoms with Crippen molar-refractivity contribution < 1.29 is 9.53 Å². The van der Waals surface area contributed by atoms with E-state index in [0.717, 1.165) is 12.1 Å². The molecule has 0 saturated carbocycles. The van der Waals surface area contributed by atoms with E-state index in [1.165, 1.54) is 11.5 Å². The molecule has 1 aromatic carbocycles. The Morgan fingerprint density at radius 1 is 1.41 bits per heavy atom. The van der Waals surface area contributed by atoms with Crippen LogP contribution in [0.2, 0.25) is 0 Å². The SMILES string of the molecule is CCc1cc(NC(=O)Oc2ccccc2)sn1. The molecule has 88 valence electrons. The van der Waals surface area contributed by atoms with Gasteiger partial charge < -0.3 is 4.74 Å². The van der Waals surface area contributed by atoms with Gasteiger partial charge in [-0.15, -0.1) is 0 Å². The van der Waals surface area contributed by atoms with Crippen molar-refractivity contribution in [3.63, 3.8) is 0 Å². The molecule has 0 fully saturated rings. The van der Waals surface area contributed by atoms with Gasteiger partial charge >= 0.3 is 6.09 Å². The van der Waals surface area contributed by atoms with Gasteiger partial charge in [0.15, 0.2) is 0 Å². The highest BCUT2D eigenvalue weighted by molar-refractivity contribution is 7.10. The standard InChI is InChI=1S/C12H12N2O2S/c1-2-9-8-11(17-14-9)13-12(15)16-10-6-4-3-5-7-10/h3-8H,2H2,1H3,(H,13,15). The molecule has 0 atom stereocenters. The van der Waals surface area contributed by atoms with Crippen molar-refractivity contribution in [2.75, 3.05) is 5.32 Å². The second-order valence-electron chi connectivity index (χ2n) is 3.36. The number of hydrogen-bond acceptors (Lipinski definition) is 4. The van der Waals surface area contributed by atoms with Crippen molar-refractivity contribution in [3.05, 3.63) is 42.1 Å². The molecule has 1 heterocycles. The fourth-order valence-electron chi connectivity index (χ4n) is 1.26. The van der Waals surface area contributed by atoms with Crippen LogP contribution >= 0.6 is 11.5 Å². The third-order valence-electron chi connectivity index (χ3n) is 2.10. The van der Waals surface area contributed by atoms with Crippen molar-refractivity contribution in [2.45, 2.75) is 13.3 Å². The number of nitrogens with zero attached hydrogens (tertiary/aromatic N) is 1. The molecule has 0 bridgehead atoms. The number of ether oxygens (including phenoxy) is 1. The minimum absolute atomic E-state index is 0.498. The van der Waals surface area contributed by atoms with Crippen LogP contribution in [0, 0.1) is 0 Å². The van der Waals surface area contributed by atoms with Crippen LogP contribution < -0.4 is 10.1 Å². The van der Waals surface area contributed by atoms with Gasteiger partial charge in [0, 0.05) is 0 Å². The molecular formula is C12H12N2O2S. The summed E-state index contributed by atoms with van der Waals surface area (Å²) in [7, 11) is 0. The highest BCUT2D eigenvalue weighted by Gasteiger charge is 2.07. The van der Waals surface area contributed by atoms with E-state index in [0.29, 0.717) is 10.8 Å². The first-order valence-corrected chi connectivity index (χ1v) is 6.04. The summed E-state index contributed by atoms with van der Waals surface area (Å²) in [5.41, 5.74) is 0.963. The van der Waals surface area contributed by atoms with E-state index in [9.17, 15) is 4.79 Å². The number of aryl methyl sites for hydroxylation is 1. The van der Waals surface area contributed by atoms with Crippen LogP contribution in [-0.2, 0) is 6.42 Å². The van der Waals surface area contributed by atoms with Gasteiger partial charge in [0.25, 0.3) is 0 Å². The molecule has 0 aliphatic rings. The van der Waals surface area contributed by atoms with Crippen LogP contribution in [-0.4, -0.2) is 10.5 Å². The van der Waals surface area contributed by atoms with Gasteiger partial charge in [0.1, 0.15) is 10.8 Å². The zero-order chi connectivity index (χ0) is 12.1. The summed E-state index contributed by atoms with van der Waals surface area (Å²) < 4.78 is 9.26. The number of hydrogen-bond donors (Lipinski definition) is 1. The van der Waals surface area contributed by atoms with Crippen LogP contribution in [0.1, 0.15) is 12.6 Å². The average Bonchev–Trinajstić information content (AvgIpc) is 2.78. The van der Waals surface area contributed by atoms with Gasteiger partial charge in [-0.2, -0.15) is 4.37 Å². The number of amides is 1. The molecule has 0 radical (unpaired) electrons. The minimum Gasteiger partial charge on any atom is -0.410 e. The normalized spacial score (nSPS) is 9.94. The number of carbonyl (C=O) groups is 1. The van der Waals surface area contributed by atoms with Gasteiger partial charge in [0.2, 0.25) is 0 Å². The molecule has 0 spiro atoms. The molecule has 0 aliphatic carbocycles. The first-order valence-electron chi connectivity index (χ1n) is 5.27. The Kier molecular flexibility index (Phi) is 3.72. The van der Waals surface area contributed by atoms with E-state index in [4.69, 9.17) is 4.74 Å². The summed E-state index contributed by atoms with van der Waals surface area (Å²) in [6.45, 7) is 2.02. The molecule has 17 heavy (non-hydrogen) atoms. The minimum atomic E-state index is -0.498. The zero-order valence-corrected chi connectivity index (χ0v) is 10.2. The molecule has 1 aromatic heterocycles. The van der Waals surface area contributed by atoms with Crippen LogP contribution in [0.4, 0.5) is 9.80 Å². The number of aromatic nitrogens is 1. The Labute approximate surface area is 103 Å². The summed E-state index contributed by atoms with van der Waals surface area (Å²) in [4.78, 5) is 11.5. The van der Waals surface area contributed by atoms with Gasteiger partial charge in [-0.1, -0.05) is 25.1 Å². The molecular weight excluding hydrogens is 236 g/mol. The molecule has 0 saturated heterocycles. The van der Waals surface area contributed by atoms with Gasteiger partial charge in [-0.25, -0.2) is 4.79 Å². The van der Waals surface area contributed by atoms with Crippen LogP contribution in [0.15, 0.2) is 36.4 Å². The maximum atomic E-state index is 11.5. The van der Waals surface area contributed by atoms with E-state index in [2.05, 4.69) is 9.69 Å². The Hall–Kier alpha value is -1.88. The average molecular weight is 248 g/mol. The van der Waals surface area contributed by atoms with E-state index >= 15 is 0 Å². The summed E-state index contributed by atoms with van der Waals surface area (Å²) in [6, 6.07) is 10.8. The lowest BCUT2D eigenvalue weighted by Gasteiger charge is -2.03. The van der Waals surface area contributed by atoms with E-state index in [1.807, 2.05) is 31.2 Å². The Morgan fingerprint density at radius 3 is 2.82 bits per heavy atom. The highest BCUT2D eigenvalue weighted by atomic mass is 32.1. The maximum absolute atomic E-state index is 11.5. The third kappa shape index (κ3) is 3.29. The molecule has 2 aromatic rings. The monoisotopic (exact) mass is 248 g/mol. The van der Waals surface area contributed by atoms with Crippen LogP contribution in [0.5, 0.6) is 5.75 Å². The number of rotatable bonds is 3. The van der Waals surface area contributed by atoms with E-state index in [1.54, 1.807) is 12.1 Å². The zero-order valence-electron chi connectivity index (χ0n) is 9.34. The summed E-state index contributed by atoms with van der Waals surface area (Å²) in [6.07, 6.45) is 0.355. The van der Waals surface area contributed by atoms with Gasteiger partial charge in [-0.05, 0) is 36.2 Å². The predicted octanol–water partition coefficient (Wildman–Crippen LogP) is 3.32. The third-order valence-corrected chi connectivity index (χ3v) is 2.84. The van der Waals surface area contributed by atoms with E-state index in [-0.39, 0.29) is 0 Å². The number of carbonyl (C=O) groups excluding carboxylic acids is 1. The van der Waals surface area contributed by atoms with Crippen molar-refractivity contribution in [1.82, 2.24) is 4.37 Å². The first kappa shape index (κ1) is 11.6. The highest BCUT2D eigenvalue weighted by Crippen LogP contribution is 2.17. The second-order valence-corrected chi connectivity index (χ2v) is 4.17. The lowest BCUT2D eigenvalue weighted by molar-refractivity contribution is 0.215. The molecule has 1 amide bonds. The van der Waals surface area contributed by atoms with Crippen LogP contribution in [0.25, 0.3) is 0 Å². The van der Waals surface area contributed by atoms with Crippen LogP contribution in [0.3, 0.4) is 0 Å². The lowest BCUT2D eigenvalue weighted by atomic mass is 10.3. The Bertz CT molecular complexity index is 496. The molecule has 1 N–H and O–H groups in total. The maximum Gasteiger partial charge on any atom is 0.417 e. The molecule has 2 rings (SSSR count). The molecule has 4 nitrogen and oxygen atoms in total. The molecule has 0 unspecified atom stereocenters. The fraction of sp³-hybridized carbons (Fsp3) is 0.167. The number of anilines is 1. The summed E-state index contributed by atoms with van der Waals surface area (Å²) in [5, 5.41) is 3.34. The molecule has 0 aliphatic heterocycles. The fourth-order valence-corrected chi connectivity index (χ4v) is 1.97. The van der Waals surface area contributed by atoms with Crippen molar-refractivity contribution in [1.29, 1.82) is 0 Å². The smallest absolute Gasteiger partial charge is 0.410 e. The molecule has 5 heteroatoms. The van der Waals surface area contributed by atoms with Gasteiger partial charge in [-0.3, -0.25) is 5.32 Å². The topological polar surface area (TPSA) is 51.2 Å². The second kappa shape index (κ2) is 5.45. The van der Waals surface area contributed by atoms with E-state index < -0.39 is 6.09 Å².